The number of nitrogens with zero attached hydrogens (tertiary/aromatic N) is 1. The molecule has 2 N–H and O–H groups in total. The van der Waals surface area contributed by atoms with Gasteiger partial charge in [-0.05, 0) is 42.8 Å². The van der Waals surface area contributed by atoms with Crippen molar-refractivity contribution >= 4 is 16.6 Å². The van der Waals surface area contributed by atoms with Gasteiger partial charge in [0.05, 0.1) is 23.7 Å². The third-order valence-electron chi connectivity index (χ3n) is 3.97. The minimum Gasteiger partial charge on any atom is -0.497 e. The SMILES string of the molecule is CCCc1c(-c2ccc(OC)cc2)nc2cccc(F)c2c1N. The Morgan fingerprint density at radius 1 is 1.13 bits per heavy atom. The van der Waals surface area contributed by atoms with Crippen LogP contribution in [0.1, 0.15) is 18.9 Å². The number of hydrogen-bond acceptors (Lipinski definition) is 3. The molecule has 0 fully saturated rings. The van der Waals surface area contributed by atoms with Crippen molar-refractivity contribution in [3.8, 4) is 17.0 Å². The van der Waals surface area contributed by atoms with Crippen LogP contribution in [-0.2, 0) is 6.42 Å². The average molecular weight is 310 g/mol. The monoisotopic (exact) mass is 310 g/mol. The van der Waals surface area contributed by atoms with Gasteiger partial charge in [-0.25, -0.2) is 9.37 Å². The van der Waals surface area contributed by atoms with E-state index in [1.807, 2.05) is 24.3 Å². The van der Waals surface area contributed by atoms with Gasteiger partial charge in [-0.15, -0.1) is 0 Å². The highest BCUT2D eigenvalue weighted by Crippen LogP contribution is 2.34. The molecule has 118 valence electrons. The first-order valence-corrected chi connectivity index (χ1v) is 7.66. The number of fused-ring (bicyclic) bond motifs is 1. The van der Waals surface area contributed by atoms with Gasteiger partial charge >= 0.3 is 0 Å². The summed E-state index contributed by atoms with van der Waals surface area (Å²) in [4.78, 5) is 4.68. The number of hydrogen-bond donors (Lipinski definition) is 1. The van der Waals surface area contributed by atoms with Crippen LogP contribution >= 0.6 is 0 Å². The van der Waals surface area contributed by atoms with Gasteiger partial charge in [0.2, 0.25) is 0 Å². The Bertz CT molecular complexity index is 844. The van der Waals surface area contributed by atoms with Crippen molar-refractivity contribution in [1.82, 2.24) is 4.98 Å². The van der Waals surface area contributed by atoms with E-state index in [1.54, 1.807) is 19.2 Å². The minimum absolute atomic E-state index is 0.328. The highest BCUT2D eigenvalue weighted by molar-refractivity contribution is 5.95. The van der Waals surface area contributed by atoms with E-state index < -0.39 is 0 Å². The Labute approximate surface area is 134 Å². The molecule has 0 amide bonds. The van der Waals surface area contributed by atoms with E-state index >= 15 is 0 Å². The topological polar surface area (TPSA) is 48.1 Å². The third kappa shape index (κ3) is 2.72. The Hall–Kier alpha value is -2.62. The van der Waals surface area contributed by atoms with Crippen molar-refractivity contribution < 1.29 is 9.13 Å². The van der Waals surface area contributed by atoms with Crippen LogP contribution in [0, 0.1) is 5.82 Å². The van der Waals surface area contributed by atoms with Gasteiger partial charge in [-0.1, -0.05) is 19.4 Å². The maximum Gasteiger partial charge on any atom is 0.134 e. The molecule has 0 aliphatic carbocycles. The van der Waals surface area contributed by atoms with E-state index in [-0.39, 0.29) is 5.82 Å². The molecule has 0 radical (unpaired) electrons. The lowest BCUT2D eigenvalue weighted by Crippen LogP contribution is -2.03. The summed E-state index contributed by atoms with van der Waals surface area (Å²) in [5.74, 6) is 0.455. The van der Waals surface area contributed by atoms with E-state index in [0.29, 0.717) is 16.6 Å². The van der Waals surface area contributed by atoms with Crippen molar-refractivity contribution in [1.29, 1.82) is 0 Å². The Balaban J connectivity index is 2.27. The van der Waals surface area contributed by atoms with Gasteiger partial charge in [0.1, 0.15) is 11.6 Å². The molecule has 4 heteroatoms. The number of nitrogens with two attached hydrogens (primary N) is 1. The van der Waals surface area contributed by atoms with Crippen LogP contribution in [0.15, 0.2) is 42.5 Å². The Kier molecular flexibility index (Phi) is 4.15. The lowest BCUT2D eigenvalue weighted by atomic mass is 9.97. The van der Waals surface area contributed by atoms with Crippen molar-refractivity contribution in [3.63, 3.8) is 0 Å². The van der Waals surface area contributed by atoms with E-state index in [0.717, 1.165) is 35.4 Å². The minimum atomic E-state index is -0.328. The summed E-state index contributed by atoms with van der Waals surface area (Å²) in [6.07, 6.45) is 1.67. The summed E-state index contributed by atoms with van der Waals surface area (Å²) < 4.78 is 19.4. The highest BCUT2D eigenvalue weighted by atomic mass is 19.1. The van der Waals surface area contributed by atoms with Crippen LogP contribution < -0.4 is 10.5 Å². The molecule has 0 spiro atoms. The molecular weight excluding hydrogens is 291 g/mol. The first-order valence-electron chi connectivity index (χ1n) is 7.66. The van der Waals surface area contributed by atoms with Gasteiger partial charge in [0.15, 0.2) is 0 Å². The number of benzene rings is 2. The normalized spacial score (nSPS) is 10.9. The van der Waals surface area contributed by atoms with Crippen LogP contribution in [0.2, 0.25) is 0 Å². The van der Waals surface area contributed by atoms with E-state index in [9.17, 15) is 4.39 Å². The van der Waals surface area contributed by atoms with Gasteiger partial charge < -0.3 is 10.5 Å². The first-order chi connectivity index (χ1) is 11.2. The molecule has 0 saturated carbocycles. The summed E-state index contributed by atoms with van der Waals surface area (Å²) in [6, 6.07) is 12.5. The van der Waals surface area contributed by atoms with Crippen molar-refractivity contribution in [2.75, 3.05) is 12.8 Å². The fourth-order valence-electron chi connectivity index (χ4n) is 2.83. The molecule has 0 atom stereocenters. The van der Waals surface area contributed by atoms with E-state index in [2.05, 4.69) is 11.9 Å². The first kappa shape index (κ1) is 15.3. The lowest BCUT2D eigenvalue weighted by Gasteiger charge is -2.15. The van der Waals surface area contributed by atoms with Crippen LogP contribution in [0.4, 0.5) is 10.1 Å². The maximum atomic E-state index is 14.2. The zero-order valence-electron chi connectivity index (χ0n) is 13.3. The smallest absolute Gasteiger partial charge is 0.134 e. The molecule has 0 aliphatic heterocycles. The lowest BCUT2D eigenvalue weighted by molar-refractivity contribution is 0.415. The summed E-state index contributed by atoms with van der Waals surface area (Å²) in [7, 11) is 1.63. The molecule has 0 aliphatic rings. The summed E-state index contributed by atoms with van der Waals surface area (Å²) in [5.41, 5.74) is 10.0. The molecule has 23 heavy (non-hydrogen) atoms. The predicted octanol–water partition coefficient (Wildman–Crippen LogP) is 4.58. The van der Waals surface area contributed by atoms with Crippen molar-refractivity contribution in [2.45, 2.75) is 19.8 Å². The largest absolute Gasteiger partial charge is 0.497 e. The second-order valence-electron chi connectivity index (χ2n) is 5.47. The van der Waals surface area contributed by atoms with E-state index in [4.69, 9.17) is 10.5 Å². The van der Waals surface area contributed by atoms with Gasteiger partial charge in [-0.3, -0.25) is 0 Å². The number of halogens is 1. The number of methoxy groups -OCH3 is 1. The number of rotatable bonds is 4. The number of anilines is 1. The highest BCUT2D eigenvalue weighted by Gasteiger charge is 2.16. The maximum absolute atomic E-state index is 14.2. The van der Waals surface area contributed by atoms with Crippen LogP contribution in [-0.4, -0.2) is 12.1 Å². The Morgan fingerprint density at radius 2 is 1.87 bits per heavy atom. The van der Waals surface area contributed by atoms with Crippen molar-refractivity contribution in [3.05, 3.63) is 53.8 Å². The standard InChI is InChI=1S/C19H19FN2O/c1-3-5-14-18(21)17-15(20)6-4-7-16(17)22-19(14)12-8-10-13(23-2)11-9-12/h4,6-11H,3,5H2,1-2H3,(H2,21,22). The van der Waals surface area contributed by atoms with Gasteiger partial charge in [0, 0.05) is 16.8 Å². The summed E-state index contributed by atoms with van der Waals surface area (Å²) in [5, 5.41) is 0.410. The zero-order chi connectivity index (χ0) is 16.4. The molecule has 3 aromatic rings. The summed E-state index contributed by atoms with van der Waals surface area (Å²) >= 11 is 0. The molecule has 1 aromatic heterocycles. The molecule has 0 bridgehead atoms. The second kappa shape index (κ2) is 6.24. The van der Waals surface area contributed by atoms with Crippen molar-refractivity contribution in [2.24, 2.45) is 0 Å². The van der Waals surface area contributed by atoms with Crippen LogP contribution in [0.25, 0.3) is 22.2 Å². The van der Waals surface area contributed by atoms with Gasteiger partial charge in [-0.2, -0.15) is 0 Å². The van der Waals surface area contributed by atoms with Gasteiger partial charge in [0.25, 0.3) is 0 Å². The molecule has 3 nitrogen and oxygen atoms in total. The van der Waals surface area contributed by atoms with Crippen LogP contribution in [0.5, 0.6) is 5.75 Å². The van der Waals surface area contributed by atoms with Crippen LogP contribution in [0.3, 0.4) is 0 Å². The summed E-state index contributed by atoms with van der Waals surface area (Å²) in [6.45, 7) is 2.07. The quantitative estimate of drug-likeness (QED) is 0.767. The molecule has 3 rings (SSSR count). The fourth-order valence-corrected chi connectivity index (χ4v) is 2.83. The average Bonchev–Trinajstić information content (AvgIpc) is 2.57. The number of ether oxygens (including phenoxy) is 1. The molecule has 2 aromatic carbocycles. The number of aromatic nitrogens is 1. The molecule has 1 heterocycles. The molecule has 0 unspecified atom stereocenters. The molecule has 0 saturated heterocycles. The molecular formula is C19H19FN2O. The van der Waals surface area contributed by atoms with E-state index in [1.165, 1.54) is 6.07 Å². The number of nitrogen functional groups attached to an aromatic ring is 1. The Morgan fingerprint density at radius 3 is 2.52 bits per heavy atom. The third-order valence-corrected chi connectivity index (χ3v) is 3.97. The number of pyridine rings is 1. The zero-order valence-corrected chi connectivity index (χ0v) is 13.3. The predicted molar refractivity (Wildman–Crippen MR) is 92.1 cm³/mol. The fraction of sp³-hybridized carbons (Fsp3) is 0.211. The second-order valence-corrected chi connectivity index (χ2v) is 5.47.